The number of nitrogens with zero attached hydrogens (tertiary/aromatic N) is 2. The van der Waals surface area contributed by atoms with Gasteiger partial charge in [-0.3, -0.25) is 4.79 Å². The highest BCUT2D eigenvalue weighted by atomic mass is 19.1. The predicted molar refractivity (Wildman–Crippen MR) is 159 cm³/mol. The molecule has 1 aromatic heterocycles. The van der Waals surface area contributed by atoms with Crippen LogP contribution in [-0.2, 0) is 21.6 Å². The fourth-order valence-corrected chi connectivity index (χ4v) is 4.62. The SMILES string of the molecule is CC(C)(C)OC(=O)NCCC(=O)Nc1cnn(CCF)c1NC(c1ccccc1)(c1ccccc1)c1ccccc1. The number of alkyl halides is 1. The number of aromatic nitrogens is 2. The largest absolute Gasteiger partial charge is 0.444 e. The molecule has 0 aliphatic rings. The van der Waals surface area contributed by atoms with Crippen LogP contribution in [0.4, 0.5) is 20.7 Å². The van der Waals surface area contributed by atoms with Gasteiger partial charge in [0.15, 0.2) is 0 Å². The van der Waals surface area contributed by atoms with Gasteiger partial charge in [0.05, 0.1) is 12.7 Å². The molecule has 41 heavy (non-hydrogen) atoms. The van der Waals surface area contributed by atoms with Crippen molar-refractivity contribution in [1.29, 1.82) is 0 Å². The van der Waals surface area contributed by atoms with Crippen LogP contribution < -0.4 is 16.0 Å². The van der Waals surface area contributed by atoms with Crippen LogP contribution in [0.1, 0.15) is 43.9 Å². The second-order valence-electron chi connectivity index (χ2n) is 10.5. The minimum absolute atomic E-state index is 0.00709. The van der Waals surface area contributed by atoms with Crippen molar-refractivity contribution in [2.75, 3.05) is 23.9 Å². The summed E-state index contributed by atoms with van der Waals surface area (Å²) in [4.78, 5) is 24.9. The number of hydrogen-bond acceptors (Lipinski definition) is 5. The van der Waals surface area contributed by atoms with Crippen molar-refractivity contribution in [3.63, 3.8) is 0 Å². The minimum Gasteiger partial charge on any atom is -0.444 e. The van der Waals surface area contributed by atoms with Crippen LogP contribution in [0.3, 0.4) is 0 Å². The van der Waals surface area contributed by atoms with Crippen LogP contribution in [0, 0.1) is 0 Å². The summed E-state index contributed by atoms with van der Waals surface area (Å²) in [5, 5.41) is 13.5. The second kappa shape index (κ2) is 13.1. The van der Waals surface area contributed by atoms with Crippen molar-refractivity contribution < 1.29 is 18.7 Å². The second-order valence-corrected chi connectivity index (χ2v) is 10.5. The van der Waals surface area contributed by atoms with Crippen molar-refractivity contribution in [2.45, 2.75) is 44.9 Å². The van der Waals surface area contributed by atoms with E-state index in [-0.39, 0.29) is 25.4 Å². The molecule has 8 nitrogen and oxygen atoms in total. The molecular weight excluding hydrogens is 521 g/mol. The number of carbonyl (C=O) groups excluding carboxylic acids is 2. The molecule has 0 spiro atoms. The van der Waals surface area contributed by atoms with Crippen molar-refractivity contribution in [1.82, 2.24) is 15.1 Å². The van der Waals surface area contributed by atoms with Crippen LogP contribution in [0.25, 0.3) is 0 Å². The van der Waals surface area contributed by atoms with Gasteiger partial charge in [-0.05, 0) is 37.5 Å². The average Bonchev–Trinajstić information content (AvgIpc) is 3.32. The summed E-state index contributed by atoms with van der Waals surface area (Å²) in [7, 11) is 0. The molecule has 3 aromatic carbocycles. The third-order valence-corrected chi connectivity index (χ3v) is 6.36. The Morgan fingerprint density at radius 1 is 0.854 bits per heavy atom. The number of aryl methyl sites for hydroxylation is 1. The van der Waals surface area contributed by atoms with Crippen molar-refractivity contribution in [3.05, 3.63) is 114 Å². The van der Waals surface area contributed by atoms with E-state index in [1.54, 1.807) is 20.8 Å². The Balaban J connectivity index is 1.70. The molecule has 0 saturated heterocycles. The molecule has 4 aromatic rings. The summed E-state index contributed by atoms with van der Waals surface area (Å²) in [5.41, 5.74) is 1.70. The Morgan fingerprint density at radius 2 is 1.37 bits per heavy atom. The molecule has 1 heterocycles. The lowest BCUT2D eigenvalue weighted by molar-refractivity contribution is -0.116. The Morgan fingerprint density at radius 3 is 1.83 bits per heavy atom. The first kappa shape index (κ1) is 29.3. The summed E-state index contributed by atoms with van der Waals surface area (Å²) in [6.07, 6.45) is 0.915. The Hall–Kier alpha value is -4.66. The van der Waals surface area contributed by atoms with Gasteiger partial charge < -0.3 is 20.7 Å². The van der Waals surface area contributed by atoms with E-state index in [9.17, 15) is 14.0 Å². The van der Waals surface area contributed by atoms with Gasteiger partial charge in [0.1, 0.15) is 29.3 Å². The molecule has 0 saturated carbocycles. The number of rotatable bonds is 11. The molecule has 0 radical (unpaired) electrons. The van der Waals surface area contributed by atoms with Gasteiger partial charge >= 0.3 is 6.09 Å². The van der Waals surface area contributed by atoms with Gasteiger partial charge in [-0.2, -0.15) is 5.10 Å². The number of ether oxygens (including phenoxy) is 1. The lowest BCUT2D eigenvalue weighted by Gasteiger charge is -2.38. The fourth-order valence-electron chi connectivity index (χ4n) is 4.62. The molecular formula is C32H36FN5O3. The van der Waals surface area contributed by atoms with Gasteiger partial charge in [-0.25, -0.2) is 13.9 Å². The average molecular weight is 558 g/mol. The molecule has 0 fully saturated rings. The molecule has 214 valence electrons. The van der Waals surface area contributed by atoms with Crippen molar-refractivity contribution in [3.8, 4) is 0 Å². The topological polar surface area (TPSA) is 97.3 Å². The minimum atomic E-state index is -0.907. The number of alkyl carbamates (subject to hydrolysis) is 1. The van der Waals surface area contributed by atoms with Gasteiger partial charge in [-0.1, -0.05) is 91.0 Å². The molecule has 4 rings (SSSR count). The first-order valence-electron chi connectivity index (χ1n) is 13.6. The van der Waals surface area contributed by atoms with Crippen molar-refractivity contribution in [2.24, 2.45) is 0 Å². The maximum atomic E-state index is 13.7. The Kier molecular flexibility index (Phi) is 9.39. The van der Waals surface area contributed by atoms with E-state index >= 15 is 0 Å². The monoisotopic (exact) mass is 557 g/mol. The maximum absolute atomic E-state index is 13.7. The zero-order valence-corrected chi connectivity index (χ0v) is 23.6. The predicted octanol–water partition coefficient (Wildman–Crippen LogP) is 6.11. The highest BCUT2D eigenvalue weighted by Crippen LogP contribution is 2.41. The molecule has 0 aliphatic heterocycles. The van der Waals surface area contributed by atoms with Gasteiger partial charge in [0, 0.05) is 13.0 Å². The van der Waals surface area contributed by atoms with Gasteiger partial charge in [-0.15, -0.1) is 0 Å². The Bertz CT molecular complexity index is 1320. The summed E-state index contributed by atoms with van der Waals surface area (Å²) in [6.45, 7) is 4.74. The highest BCUT2D eigenvalue weighted by Gasteiger charge is 2.38. The van der Waals surface area contributed by atoms with E-state index in [0.29, 0.717) is 11.5 Å². The number of anilines is 2. The third kappa shape index (κ3) is 7.30. The number of halogens is 1. The van der Waals surface area contributed by atoms with E-state index < -0.39 is 23.9 Å². The fraction of sp³-hybridized carbons (Fsp3) is 0.281. The zero-order chi connectivity index (χ0) is 29.3. The van der Waals surface area contributed by atoms with Crippen LogP contribution in [-0.4, -0.2) is 40.6 Å². The zero-order valence-electron chi connectivity index (χ0n) is 23.6. The van der Waals surface area contributed by atoms with E-state index in [1.165, 1.54) is 10.9 Å². The number of nitrogens with one attached hydrogen (secondary N) is 3. The van der Waals surface area contributed by atoms with Gasteiger partial charge in [0.2, 0.25) is 5.91 Å². The molecule has 0 bridgehead atoms. The number of carbonyl (C=O) groups is 2. The molecule has 2 amide bonds. The molecule has 0 unspecified atom stereocenters. The molecule has 0 atom stereocenters. The van der Waals surface area contributed by atoms with E-state index in [4.69, 9.17) is 4.74 Å². The van der Waals surface area contributed by atoms with Crippen LogP contribution in [0.15, 0.2) is 97.2 Å². The van der Waals surface area contributed by atoms with Crippen LogP contribution in [0.2, 0.25) is 0 Å². The third-order valence-electron chi connectivity index (χ3n) is 6.36. The summed E-state index contributed by atoms with van der Waals surface area (Å²) < 4.78 is 20.4. The number of amides is 2. The summed E-state index contributed by atoms with van der Waals surface area (Å²) >= 11 is 0. The first-order valence-corrected chi connectivity index (χ1v) is 13.6. The van der Waals surface area contributed by atoms with E-state index in [2.05, 4.69) is 21.0 Å². The van der Waals surface area contributed by atoms with Crippen LogP contribution >= 0.6 is 0 Å². The highest BCUT2D eigenvalue weighted by molar-refractivity contribution is 5.94. The molecule has 9 heteroatoms. The molecule has 0 aliphatic carbocycles. The summed E-state index contributed by atoms with van der Waals surface area (Å²) in [6, 6.07) is 29.9. The lowest BCUT2D eigenvalue weighted by Crippen LogP contribution is -2.39. The van der Waals surface area contributed by atoms with E-state index in [1.807, 2.05) is 91.0 Å². The first-order chi connectivity index (χ1) is 19.7. The normalized spacial score (nSPS) is 11.5. The smallest absolute Gasteiger partial charge is 0.407 e. The van der Waals surface area contributed by atoms with Crippen LogP contribution in [0.5, 0.6) is 0 Å². The number of hydrogen-bond donors (Lipinski definition) is 3. The lowest BCUT2D eigenvalue weighted by atomic mass is 9.77. The standard InChI is InChI=1S/C32H36FN5O3/c1-31(2,3)41-30(40)34-21-19-28(39)36-27-23-35-38(22-20-33)29(27)37-32(24-13-7-4-8-14-24,25-15-9-5-10-16-25)26-17-11-6-12-18-26/h4-18,23,37H,19-22H2,1-3H3,(H,34,40)(H,36,39). The number of benzene rings is 3. The quantitative estimate of drug-likeness (QED) is 0.193. The molecule has 3 N–H and O–H groups in total. The van der Waals surface area contributed by atoms with Gasteiger partial charge in [0.25, 0.3) is 0 Å². The maximum Gasteiger partial charge on any atom is 0.407 e. The van der Waals surface area contributed by atoms with Crippen molar-refractivity contribution >= 4 is 23.5 Å². The summed E-state index contributed by atoms with van der Waals surface area (Å²) in [5.74, 6) is 0.112. The Labute approximate surface area is 239 Å². The van der Waals surface area contributed by atoms with E-state index in [0.717, 1.165) is 16.7 Å².